The highest BCUT2D eigenvalue weighted by Gasteiger charge is 2.05. The molecule has 3 aromatic carbocycles. The second kappa shape index (κ2) is 6.62. The highest BCUT2D eigenvalue weighted by atomic mass is 16.5. The van der Waals surface area contributed by atoms with Crippen molar-refractivity contribution in [1.29, 1.82) is 0 Å². The Morgan fingerprint density at radius 3 is 2.24 bits per heavy atom. The first-order valence-electron chi connectivity index (χ1n) is 6.81. The van der Waals surface area contributed by atoms with Gasteiger partial charge >= 0.3 is 0 Å². The Kier molecular flexibility index (Phi) is 4.18. The van der Waals surface area contributed by atoms with Gasteiger partial charge in [-0.25, -0.2) is 0 Å². The molecule has 0 aliphatic heterocycles. The minimum atomic E-state index is 0.504. The molecule has 2 nitrogen and oxygen atoms in total. The van der Waals surface area contributed by atoms with Crippen LogP contribution in [0.5, 0.6) is 17.2 Å². The molecule has 0 spiro atoms. The molecule has 0 amide bonds. The molecule has 0 unspecified atom stereocenters. The molecule has 0 atom stereocenters. The van der Waals surface area contributed by atoms with E-state index in [1.54, 1.807) is 6.07 Å². The van der Waals surface area contributed by atoms with Gasteiger partial charge < -0.3 is 9.47 Å². The molecular weight excluding hydrogens is 260 g/mol. The molecule has 21 heavy (non-hydrogen) atoms. The van der Waals surface area contributed by atoms with E-state index in [9.17, 15) is 0 Å². The Morgan fingerprint density at radius 1 is 0.762 bits per heavy atom. The second-order valence-electron chi connectivity index (χ2n) is 4.56. The summed E-state index contributed by atoms with van der Waals surface area (Å²) in [6, 6.07) is 28.2. The summed E-state index contributed by atoms with van der Waals surface area (Å²) in [6.45, 7) is 0.504. The van der Waals surface area contributed by atoms with Crippen molar-refractivity contribution in [2.45, 2.75) is 6.61 Å². The summed E-state index contributed by atoms with van der Waals surface area (Å²) in [5, 5.41) is 0. The molecule has 103 valence electrons. The zero-order chi connectivity index (χ0) is 14.3. The highest BCUT2D eigenvalue weighted by molar-refractivity contribution is 5.42. The average molecular weight is 275 g/mol. The topological polar surface area (TPSA) is 18.5 Å². The van der Waals surface area contributed by atoms with Gasteiger partial charge in [0, 0.05) is 0 Å². The molecule has 2 heteroatoms. The van der Waals surface area contributed by atoms with Crippen LogP contribution in [0.25, 0.3) is 0 Å². The average Bonchev–Trinajstić information content (AvgIpc) is 2.56. The van der Waals surface area contributed by atoms with Crippen LogP contribution in [0.15, 0.2) is 78.9 Å². The molecule has 0 saturated carbocycles. The van der Waals surface area contributed by atoms with Crippen LogP contribution in [-0.4, -0.2) is 0 Å². The molecule has 0 aromatic heterocycles. The van der Waals surface area contributed by atoms with Gasteiger partial charge in [-0.3, -0.25) is 0 Å². The predicted octanol–water partition coefficient (Wildman–Crippen LogP) is 4.86. The van der Waals surface area contributed by atoms with Crippen LogP contribution in [0.3, 0.4) is 0 Å². The van der Waals surface area contributed by atoms with Crippen molar-refractivity contribution in [3.63, 3.8) is 0 Å². The van der Waals surface area contributed by atoms with Crippen LogP contribution >= 0.6 is 0 Å². The fraction of sp³-hybridized carbons (Fsp3) is 0.0526. The minimum absolute atomic E-state index is 0.504. The quantitative estimate of drug-likeness (QED) is 0.662. The lowest BCUT2D eigenvalue weighted by Gasteiger charge is -2.12. The van der Waals surface area contributed by atoms with Crippen LogP contribution in [0.2, 0.25) is 0 Å². The lowest BCUT2D eigenvalue weighted by molar-refractivity contribution is 0.291. The zero-order valence-corrected chi connectivity index (χ0v) is 11.5. The third kappa shape index (κ3) is 3.63. The molecule has 0 fully saturated rings. The minimum Gasteiger partial charge on any atom is -0.485 e. The second-order valence-corrected chi connectivity index (χ2v) is 4.56. The van der Waals surface area contributed by atoms with Crippen LogP contribution in [-0.2, 0) is 6.61 Å². The summed E-state index contributed by atoms with van der Waals surface area (Å²) in [5.41, 5.74) is 1.12. The van der Waals surface area contributed by atoms with Crippen molar-refractivity contribution in [2.75, 3.05) is 0 Å². The summed E-state index contributed by atoms with van der Waals surface area (Å²) >= 11 is 0. The van der Waals surface area contributed by atoms with Crippen molar-refractivity contribution < 1.29 is 9.47 Å². The van der Waals surface area contributed by atoms with Gasteiger partial charge in [0.25, 0.3) is 0 Å². The highest BCUT2D eigenvalue weighted by Crippen LogP contribution is 2.31. The van der Waals surface area contributed by atoms with Gasteiger partial charge in [-0.2, -0.15) is 0 Å². The Balaban J connectivity index is 1.73. The Hall–Kier alpha value is -2.74. The fourth-order valence-corrected chi connectivity index (χ4v) is 1.95. The molecule has 0 bridgehead atoms. The molecule has 3 aromatic rings. The van der Waals surface area contributed by atoms with E-state index in [1.165, 1.54) is 0 Å². The molecule has 0 N–H and O–H groups in total. The molecule has 0 aliphatic carbocycles. The van der Waals surface area contributed by atoms with Crippen molar-refractivity contribution in [2.24, 2.45) is 0 Å². The van der Waals surface area contributed by atoms with Gasteiger partial charge in [0.15, 0.2) is 11.5 Å². The van der Waals surface area contributed by atoms with Crippen LogP contribution < -0.4 is 9.47 Å². The Bertz CT molecular complexity index is 678. The molecule has 0 aliphatic rings. The van der Waals surface area contributed by atoms with E-state index in [2.05, 4.69) is 6.07 Å². The maximum absolute atomic E-state index is 5.85. The SMILES string of the molecule is [c]1ccc(Oc2ccccc2)c(OCc2ccccc2)c1. The Labute approximate surface area is 124 Å². The van der Waals surface area contributed by atoms with Crippen molar-refractivity contribution in [1.82, 2.24) is 0 Å². The van der Waals surface area contributed by atoms with Crippen molar-refractivity contribution in [3.05, 3.63) is 90.5 Å². The summed E-state index contributed by atoms with van der Waals surface area (Å²) in [7, 11) is 0. The largest absolute Gasteiger partial charge is 0.485 e. The number of ether oxygens (including phenoxy) is 2. The van der Waals surface area contributed by atoms with E-state index < -0.39 is 0 Å². The first kappa shape index (κ1) is 13.3. The van der Waals surface area contributed by atoms with Crippen molar-refractivity contribution in [3.8, 4) is 17.2 Å². The molecule has 0 saturated heterocycles. The fourth-order valence-electron chi connectivity index (χ4n) is 1.95. The maximum atomic E-state index is 5.85. The van der Waals surface area contributed by atoms with E-state index in [1.807, 2.05) is 72.8 Å². The van der Waals surface area contributed by atoms with E-state index in [-0.39, 0.29) is 0 Å². The maximum Gasteiger partial charge on any atom is 0.169 e. The smallest absolute Gasteiger partial charge is 0.169 e. The van der Waals surface area contributed by atoms with Crippen LogP contribution in [0.4, 0.5) is 0 Å². The van der Waals surface area contributed by atoms with E-state index in [4.69, 9.17) is 9.47 Å². The van der Waals surface area contributed by atoms with Gasteiger partial charge in [-0.05, 0) is 35.9 Å². The van der Waals surface area contributed by atoms with Crippen LogP contribution in [0.1, 0.15) is 5.56 Å². The normalized spacial score (nSPS) is 10.1. The number of hydrogen-bond donors (Lipinski definition) is 0. The summed E-state index contributed by atoms with van der Waals surface area (Å²) < 4.78 is 11.7. The number of rotatable bonds is 5. The standard InChI is InChI=1S/C19H15O2/c1-3-9-16(10-4-1)15-20-18-13-7-8-14-19(18)21-17-11-5-2-6-12-17/h1-6,8-14H,15H2. The number of hydrogen-bond acceptors (Lipinski definition) is 2. The lowest BCUT2D eigenvalue weighted by atomic mass is 10.2. The Morgan fingerprint density at radius 2 is 1.48 bits per heavy atom. The van der Waals surface area contributed by atoms with E-state index in [0.717, 1.165) is 11.3 Å². The molecule has 0 heterocycles. The summed E-state index contributed by atoms with van der Waals surface area (Å²) in [6.07, 6.45) is 0. The monoisotopic (exact) mass is 275 g/mol. The first-order chi connectivity index (χ1) is 10.4. The molecule has 1 radical (unpaired) electrons. The van der Waals surface area contributed by atoms with Crippen molar-refractivity contribution >= 4 is 0 Å². The molecular formula is C19H15O2. The first-order valence-corrected chi connectivity index (χ1v) is 6.81. The van der Waals surface area contributed by atoms with E-state index in [0.29, 0.717) is 18.1 Å². The third-order valence-electron chi connectivity index (χ3n) is 3.00. The van der Waals surface area contributed by atoms with Gasteiger partial charge in [-0.1, -0.05) is 54.6 Å². The number of benzene rings is 3. The van der Waals surface area contributed by atoms with Crippen LogP contribution in [0, 0.1) is 6.07 Å². The summed E-state index contributed by atoms with van der Waals surface area (Å²) in [5.74, 6) is 2.16. The van der Waals surface area contributed by atoms with Gasteiger partial charge in [0.1, 0.15) is 12.4 Å². The molecule has 3 rings (SSSR count). The lowest BCUT2D eigenvalue weighted by Crippen LogP contribution is -1.97. The number of para-hydroxylation sites is 1. The van der Waals surface area contributed by atoms with Gasteiger partial charge in [-0.15, -0.1) is 0 Å². The third-order valence-corrected chi connectivity index (χ3v) is 3.00. The van der Waals surface area contributed by atoms with Gasteiger partial charge in [0.2, 0.25) is 0 Å². The van der Waals surface area contributed by atoms with E-state index >= 15 is 0 Å². The van der Waals surface area contributed by atoms with Gasteiger partial charge in [0.05, 0.1) is 0 Å². The summed E-state index contributed by atoms with van der Waals surface area (Å²) in [4.78, 5) is 0. The zero-order valence-electron chi connectivity index (χ0n) is 11.5. The predicted molar refractivity (Wildman–Crippen MR) is 82.6 cm³/mol.